The van der Waals surface area contributed by atoms with Gasteiger partial charge in [0.1, 0.15) is 5.75 Å². The first kappa shape index (κ1) is 25.7. The largest absolute Gasteiger partial charge is 0.494 e. The molecule has 0 saturated heterocycles. The lowest BCUT2D eigenvalue weighted by Crippen LogP contribution is -2.38. The number of carbonyl (C=O) groups is 1. The second-order valence-electron chi connectivity index (χ2n) is 6.70. The quantitative estimate of drug-likeness (QED) is 0.298. The molecule has 0 bridgehead atoms. The molecule has 0 heterocycles. The predicted molar refractivity (Wildman–Crippen MR) is 134 cm³/mol. The molecule has 2 N–H and O–H groups in total. The van der Waals surface area contributed by atoms with Crippen molar-refractivity contribution in [2.45, 2.75) is 26.8 Å². The Labute approximate surface area is 197 Å². The summed E-state index contributed by atoms with van der Waals surface area (Å²) in [7, 11) is 3.67. The fourth-order valence-corrected chi connectivity index (χ4v) is 2.98. The molecule has 0 aliphatic carbocycles. The maximum Gasteiger partial charge on any atom is 0.251 e. The summed E-state index contributed by atoms with van der Waals surface area (Å²) in [5.41, 5.74) is 2.97. The highest BCUT2D eigenvalue weighted by Crippen LogP contribution is 2.13. The van der Waals surface area contributed by atoms with E-state index in [1.165, 1.54) is 5.56 Å². The number of rotatable bonds is 9. The molecule has 164 valence electrons. The summed E-state index contributed by atoms with van der Waals surface area (Å²) < 4.78 is 5.50. The van der Waals surface area contributed by atoms with Crippen LogP contribution in [0.25, 0.3) is 0 Å². The number of ether oxygens (including phenoxy) is 1. The van der Waals surface area contributed by atoms with E-state index in [-0.39, 0.29) is 29.9 Å². The van der Waals surface area contributed by atoms with Crippen LogP contribution in [-0.4, -0.2) is 50.6 Å². The van der Waals surface area contributed by atoms with Crippen LogP contribution < -0.4 is 15.4 Å². The SMILES string of the molecule is CCNC(=NCCc1cccc(C(=O)NC)c1)N(C)Cc1ccc(OCC)cc1.I. The van der Waals surface area contributed by atoms with Gasteiger partial charge in [0.25, 0.3) is 5.91 Å². The minimum atomic E-state index is -0.0706. The minimum Gasteiger partial charge on any atom is -0.494 e. The second kappa shape index (κ2) is 13.8. The number of carbonyl (C=O) groups excluding carboxylic acids is 1. The summed E-state index contributed by atoms with van der Waals surface area (Å²) >= 11 is 0. The minimum absolute atomic E-state index is 0. The zero-order chi connectivity index (χ0) is 21.1. The van der Waals surface area contributed by atoms with E-state index in [0.717, 1.165) is 36.8 Å². The average Bonchev–Trinajstić information content (AvgIpc) is 2.74. The van der Waals surface area contributed by atoms with Crippen molar-refractivity contribution in [3.05, 3.63) is 65.2 Å². The lowest BCUT2D eigenvalue weighted by Gasteiger charge is -2.22. The fraction of sp³-hybridized carbons (Fsp3) is 0.391. The summed E-state index contributed by atoms with van der Waals surface area (Å²) in [4.78, 5) is 18.7. The van der Waals surface area contributed by atoms with Gasteiger partial charge in [-0.1, -0.05) is 24.3 Å². The molecule has 6 nitrogen and oxygen atoms in total. The van der Waals surface area contributed by atoms with Crippen LogP contribution in [0.15, 0.2) is 53.5 Å². The van der Waals surface area contributed by atoms with E-state index in [0.29, 0.717) is 18.7 Å². The van der Waals surface area contributed by atoms with E-state index in [1.54, 1.807) is 7.05 Å². The molecule has 0 atom stereocenters. The number of amides is 1. The van der Waals surface area contributed by atoms with E-state index < -0.39 is 0 Å². The highest BCUT2D eigenvalue weighted by molar-refractivity contribution is 14.0. The van der Waals surface area contributed by atoms with Gasteiger partial charge < -0.3 is 20.3 Å². The average molecular weight is 524 g/mol. The summed E-state index contributed by atoms with van der Waals surface area (Å²) in [6, 6.07) is 15.8. The molecule has 2 rings (SSSR count). The van der Waals surface area contributed by atoms with E-state index in [1.807, 2.05) is 50.4 Å². The summed E-state index contributed by atoms with van der Waals surface area (Å²) in [6.07, 6.45) is 0.774. The third-order valence-electron chi connectivity index (χ3n) is 4.43. The molecular formula is C23H33IN4O2. The molecule has 7 heteroatoms. The number of aliphatic imine (C=N–C) groups is 1. The normalized spacial score (nSPS) is 10.7. The van der Waals surface area contributed by atoms with Crippen LogP contribution in [0.3, 0.4) is 0 Å². The molecule has 0 aliphatic heterocycles. The van der Waals surface area contributed by atoms with Crippen LogP contribution in [0.1, 0.15) is 35.3 Å². The lowest BCUT2D eigenvalue weighted by atomic mass is 10.1. The molecule has 0 unspecified atom stereocenters. The van der Waals surface area contributed by atoms with E-state index in [9.17, 15) is 4.79 Å². The molecule has 2 aromatic carbocycles. The smallest absolute Gasteiger partial charge is 0.251 e. The summed E-state index contributed by atoms with van der Waals surface area (Å²) in [5, 5.41) is 6.00. The van der Waals surface area contributed by atoms with Gasteiger partial charge in [-0.2, -0.15) is 0 Å². The van der Waals surface area contributed by atoms with Crippen molar-refractivity contribution in [2.75, 3.05) is 33.8 Å². The molecule has 0 aromatic heterocycles. The van der Waals surface area contributed by atoms with Crippen molar-refractivity contribution < 1.29 is 9.53 Å². The van der Waals surface area contributed by atoms with Crippen molar-refractivity contribution in [1.29, 1.82) is 0 Å². The van der Waals surface area contributed by atoms with Crippen molar-refractivity contribution in [3.63, 3.8) is 0 Å². The van der Waals surface area contributed by atoms with Crippen LogP contribution in [0, 0.1) is 0 Å². The van der Waals surface area contributed by atoms with Crippen molar-refractivity contribution in [3.8, 4) is 5.75 Å². The maximum absolute atomic E-state index is 11.8. The number of hydrogen-bond donors (Lipinski definition) is 2. The first-order chi connectivity index (χ1) is 14.1. The Balaban J connectivity index is 0.00000450. The van der Waals surface area contributed by atoms with Crippen molar-refractivity contribution >= 4 is 35.8 Å². The van der Waals surface area contributed by atoms with Gasteiger partial charge in [-0.05, 0) is 55.7 Å². The zero-order valence-electron chi connectivity index (χ0n) is 18.3. The van der Waals surface area contributed by atoms with E-state index in [2.05, 4.69) is 34.6 Å². The van der Waals surface area contributed by atoms with Gasteiger partial charge in [0.2, 0.25) is 0 Å². The van der Waals surface area contributed by atoms with Crippen LogP contribution in [-0.2, 0) is 13.0 Å². The van der Waals surface area contributed by atoms with Gasteiger partial charge >= 0.3 is 0 Å². The molecule has 30 heavy (non-hydrogen) atoms. The third kappa shape index (κ3) is 8.22. The van der Waals surface area contributed by atoms with Crippen molar-refractivity contribution in [2.24, 2.45) is 4.99 Å². The molecule has 1 amide bonds. The number of nitrogens with one attached hydrogen (secondary N) is 2. The molecular weight excluding hydrogens is 491 g/mol. The standard InChI is InChI=1S/C23H32N4O2.HI/c1-5-25-23(27(4)17-19-10-12-21(13-11-19)29-6-2)26-15-14-18-8-7-9-20(16-18)22(28)24-3;/h7-13,16H,5-6,14-15,17H2,1-4H3,(H,24,28)(H,25,26);1H. The third-order valence-corrected chi connectivity index (χ3v) is 4.43. The molecule has 0 radical (unpaired) electrons. The first-order valence-electron chi connectivity index (χ1n) is 10.1. The number of benzene rings is 2. The lowest BCUT2D eigenvalue weighted by molar-refractivity contribution is 0.0963. The molecule has 0 aliphatic rings. The Morgan fingerprint density at radius 3 is 2.47 bits per heavy atom. The van der Waals surface area contributed by atoms with E-state index >= 15 is 0 Å². The maximum atomic E-state index is 11.8. The predicted octanol–water partition coefficient (Wildman–Crippen LogP) is 3.70. The van der Waals surface area contributed by atoms with Crippen LogP contribution in [0.4, 0.5) is 0 Å². The van der Waals surface area contributed by atoms with Crippen LogP contribution in [0.2, 0.25) is 0 Å². The van der Waals surface area contributed by atoms with Gasteiger partial charge in [-0.25, -0.2) is 0 Å². The van der Waals surface area contributed by atoms with Gasteiger partial charge in [0, 0.05) is 39.3 Å². The van der Waals surface area contributed by atoms with E-state index in [4.69, 9.17) is 9.73 Å². The Bertz CT molecular complexity index is 809. The van der Waals surface area contributed by atoms with Crippen LogP contribution in [0.5, 0.6) is 5.75 Å². The monoisotopic (exact) mass is 524 g/mol. The number of guanidine groups is 1. The second-order valence-corrected chi connectivity index (χ2v) is 6.70. The summed E-state index contributed by atoms with van der Waals surface area (Å²) in [6.45, 7) is 6.92. The zero-order valence-corrected chi connectivity index (χ0v) is 20.6. The summed E-state index contributed by atoms with van der Waals surface area (Å²) in [5.74, 6) is 1.68. The number of hydrogen-bond acceptors (Lipinski definition) is 3. The fourth-order valence-electron chi connectivity index (χ4n) is 2.98. The van der Waals surface area contributed by atoms with Gasteiger partial charge in [0.15, 0.2) is 5.96 Å². The Morgan fingerprint density at radius 1 is 1.10 bits per heavy atom. The highest BCUT2D eigenvalue weighted by Gasteiger charge is 2.07. The first-order valence-corrected chi connectivity index (χ1v) is 10.1. The van der Waals surface area contributed by atoms with Crippen LogP contribution >= 0.6 is 24.0 Å². The highest BCUT2D eigenvalue weighted by atomic mass is 127. The molecule has 0 spiro atoms. The Kier molecular flexibility index (Phi) is 11.9. The Morgan fingerprint density at radius 2 is 1.83 bits per heavy atom. The van der Waals surface area contributed by atoms with Gasteiger partial charge in [-0.3, -0.25) is 9.79 Å². The van der Waals surface area contributed by atoms with Gasteiger partial charge in [0.05, 0.1) is 6.61 Å². The molecule has 2 aromatic rings. The Hall–Kier alpha value is -2.29. The van der Waals surface area contributed by atoms with Crippen molar-refractivity contribution in [1.82, 2.24) is 15.5 Å². The molecule has 0 fully saturated rings. The number of halogens is 1. The van der Waals surface area contributed by atoms with Gasteiger partial charge in [-0.15, -0.1) is 24.0 Å². The molecule has 0 saturated carbocycles. The number of nitrogens with zero attached hydrogens (tertiary/aromatic N) is 2. The topological polar surface area (TPSA) is 66.0 Å².